The normalized spacial score (nSPS) is 21.6. The molecule has 1 saturated heterocycles. The number of nitrogens with zero attached hydrogens (tertiary/aromatic N) is 3. The third kappa shape index (κ3) is 4.51. The van der Waals surface area contributed by atoms with Crippen molar-refractivity contribution in [3.05, 3.63) is 21.5 Å². The van der Waals surface area contributed by atoms with E-state index < -0.39 is 10.8 Å². The fourth-order valence-corrected chi connectivity index (χ4v) is 3.03. The Morgan fingerprint density at radius 3 is 2.71 bits per heavy atom. The lowest BCUT2D eigenvalue weighted by Gasteiger charge is -2.35. The highest BCUT2D eigenvalue weighted by atomic mass is 16.6. The van der Waals surface area contributed by atoms with E-state index in [9.17, 15) is 14.9 Å². The number of amides is 1. The molecule has 1 amide bonds. The van der Waals surface area contributed by atoms with E-state index in [4.69, 9.17) is 4.74 Å². The Hall–Kier alpha value is -2.00. The molecule has 9 heteroatoms. The second kappa shape index (κ2) is 8.20. The molecule has 134 valence electrons. The van der Waals surface area contributed by atoms with E-state index in [-0.39, 0.29) is 23.6 Å². The van der Waals surface area contributed by atoms with E-state index in [1.807, 2.05) is 20.8 Å². The summed E-state index contributed by atoms with van der Waals surface area (Å²) in [5.74, 6) is -0.519. The molecular weight excluding hydrogens is 314 g/mol. The zero-order valence-electron chi connectivity index (χ0n) is 14.4. The molecule has 0 unspecified atom stereocenters. The van der Waals surface area contributed by atoms with Gasteiger partial charge in [0.2, 0.25) is 5.69 Å². The summed E-state index contributed by atoms with van der Waals surface area (Å²) in [6, 6.07) is 0. The van der Waals surface area contributed by atoms with Gasteiger partial charge in [-0.25, -0.2) is 0 Å². The number of aryl methyl sites for hydroxylation is 1. The number of nitro groups is 1. The van der Waals surface area contributed by atoms with Gasteiger partial charge in [0.15, 0.2) is 0 Å². The first kappa shape index (κ1) is 18.3. The van der Waals surface area contributed by atoms with Gasteiger partial charge in [0, 0.05) is 26.2 Å². The number of rotatable bonds is 7. The second-order valence-corrected chi connectivity index (χ2v) is 6.18. The number of morpholine rings is 1. The maximum Gasteiger partial charge on any atom is 0.322 e. The molecule has 1 aliphatic rings. The highest BCUT2D eigenvalue weighted by molar-refractivity contribution is 5.96. The summed E-state index contributed by atoms with van der Waals surface area (Å²) in [7, 11) is 0. The summed E-state index contributed by atoms with van der Waals surface area (Å²) in [5, 5.41) is 20.4. The van der Waals surface area contributed by atoms with Crippen molar-refractivity contribution in [1.82, 2.24) is 20.4 Å². The van der Waals surface area contributed by atoms with Crippen LogP contribution in [-0.4, -0.2) is 64.3 Å². The van der Waals surface area contributed by atoms with Crippen LogP contribution in [0.2, 0.25) is 0 Å². The molecule has 2 rings (SSSR count). The van der Waals surface area contributed by atoms with Crippen LogP contribution in [0.1, 0.15) is 43.4 Å². The van der Waals surface area contributed by atoms with Gasteiger partial charge in [-0.3, -0.25) is 24.9 Å². The zero-order chi connectivity index (χ0) is 17.7. The van der Waals surface area contributed by atoms with E-state index in [1.54, 1.807) is 0 Å². The number of nitrogens with one attached hydrogen (secondary N) is 2. The molecule has 0 saturated carbocycles. The van der Waals surface area contributed by atoms with Crippen molar-refractivity contribution < 1.29 is 14.5 Å². The largest absolute Gasteiger partial charge is 0.373 e. The summed E-state index contributed by atoms with van der Waals surface area (Å²) in [4.78, 5) is 25.1. The van der Waals surface area contributed by atoms with Gasteiger partial charge >= 0.3 is 5.69 Å². The summed E-state index contributed by atoms with van der Waals surface area (Å²) >= 11 is 0. The van der Waals surface area contributed by atoms with Gasteiger partial charge in [-0.05, 0) is 20.3 Å². The number of hydrogen-bond donors (Lipinski definition) is 2. The molecule has 2 heterocycles. The van der Waals surface area contributed by atoms with E-state index in [2.05, 4.69) is 20.4 Å². The quantitative estimate of drug-likeness (QED) is 0.568. The second-order valence-electron chi connectivity index (χ2n) is 6.18. The minimum Gasteiger partial charge on any atom is -0.373 e. The molecule has 1 fully saturated rings. The monoisotopic (exact) mass is 339 g/mol. The lowest BCUT2D eigenvalue weighted by Crippen LogP contribution is -2.47. The van der Waals surface area contributed by atoms with Crippen LogP contribution in [0.4, 0.5) is 5.69 Å². The molecule has 0 aliphatic carbocycles. The topological polar surface area (TPSA) is 113 Å². The van der Waals surface area contributed by atoms with Crippen LogP contribution in [-0.2, 0) is 11.2 Å². The van der Waals surface area contributed by atoms with Crippen LogP contribution in [0.15, 0.2) is 0 Å². The lowest BCUT2D eigenvalue weighted by atomic mass is 10.2. The highest BCUT2D eigenvalue weighted by Gasteiger charge is 2.28. The predicted octanol–water partition coefficient (Wildman–Crippen LogP) is 1.11. The molecule has 1 aromatic heterocycles. The molecule has 0 aromatic carbocycles. The maximum atomic E-state index is 12.2. The van der Waals surface area contributed by atoms with Crippen LogP contribution in [0.3, 0.4) is 0 Å². The Bertz CT molecular complexity index is 578. The van der Waals surface area contributed by atoms with E-state index in [1.165, 1.54) is 0 Å². The predicted molar refractivity (Wildman–Crippen MR) is 88.0 cm³/mol. The summed E-state index contributed by atoms with van der Waals surface area (Å²) in [6.07, 6.45) is 1.54. The lowest BCUT2D eigenvalue weighted by molar-refractivity contribution is -0.385. The van der Waals surface area contributed by atoms with Gasteiger partial charge in [0.1, 0.15) is 5.69 Å². The van der Waals surface area contributed by atoms with Gasteiger partial charge in [-0.1, -0.05) is 13.3 Å². The highest BCUT2D eigenvalue weighted by Crippen LogP contribution is 2.22. The number of aromatic amines is 1. The van der Waals surface area contributed by atoms with Crippen LogP contribution in [0.5, 0.6) is 0 Å². The molecule has 24 heavy (non-hydrogen) atoms. The molecule has 1 aromatic rings. The third-order valence-corrected chi connectivity index (χ3v) is 3.92. The van der Waals surface area contributed by atoms with Crippen LogP contribution < -0.4 is 5.32 Å². The molecule has 0 bridgehead atoms. The number of ether oxygens (including phenoxy) is 1. The van der Waals surface area contributed by atoms with Gasteiger partial charge in [-0.15, -0.1) is 0 Å². The van der Waals surface area contributed by atoms with Crippen molar-refractivity contribution in [2.75, 3.05) is 26.2 Å². The van der Waals surface area contributed by atoms with Crippen LogP contribution in [0.25, 0.3) is 0 Å². The summed E-state index contributed by atoms with van der Waals surface area (Å²) in [6.45, 7) is 8.64. The minimum atomic E-state index is -0.547. The molecule has 2 atom stereocenters. The van der Waals surface area contributed by atoms with Crippen molar-refractivity contribution >= 4 is 11.6 Å². The molecular formula is C15H25N5O4. The van der Waals surface area contributed by atoms with Gasteiger partial charge in [0.05, 0.1) is 17.1 Å². The SMILES string of the molecule is CCCc1[nH]nc(C(=O)NCCN2C[C@@H](C)O[C@@H](C)C2)c1[N+](=O)[O-]. The van der Waals surface area contributed by atoms with E-state index in [0.717, 1.165) is 19.5 Å². The minimum absolute atomic E-state index is 0.146. The number of carbonyl (C=O) groups is 1. The number of aromatic nitrogens is 2. The van der Waals surface area contributed by atoms with E-state index >= 15 is 0 Å². The Kier molecular flexibility index (Phi) is 6.27. The average molecular weight is 339 g/mol. The molecule has 2 N–H and O–H groups in total. The number of H-pyrrole nitrogens is 1. The van der Waals surface area contributed by atoms with Gasteiger partial charge < -0.3 is 10.1 Å². The fourth-order valence-electron chi connectivity index (χ4n) is 3.03. The molecule has 1 aliphatic heterocycles. The first-order valence-electron chi connectivity index (χ1n) is 8.30. The zero-order valence-corrected chi connectivity index (χ0v) is 14.4. The third-order valence-electron chi connectivity index (χ3n) is 3.92. The maximum absolute atomic E-state index is 12.2. The van der Waals surface area contributed by atoms with E-state index in [0.29, 0.717) is 25.2 Å². The van der Waals surface area contributed by atoms with Crippen molar-refractivity contribution in [3.8, 4) is 0 Å². The average Bonchev–Trinajstić information content (AvgIpc) is 2.90. The summed E-state index contributed by atoms with van der Waals surface area (Å²) in [5.41, 5.74) is 0.0265. The Morgan fingerprint density at radius 1 is 1.46 bits per heavy atom. The molecule has 0 radical (unpaired) electrons. The van der Waals surface area contributed by atoms with Crippen molar-refractivity contribution in [3.63, 3.8) is 0 Å². The Labute approximate surface area is 140 Å². The van der Waals surface area contributed by atoms with Gasteiger partial charge in [-0.2, -0.15) is 5.10 Å². The van der Waals surface area contributed by atoms with Crippen molar-refractivity contribution in [1.29, 1.82) is 0 Å². The fraction of sp³-hybridized carbons (Fsp3) is 0.733. The number of hydrogen-bond acceptors (Lipinski definition) is 6. The van der Waals surface area contributed by atoms with Crippen LogP contribution in [0, 0.1) is 10.1 Å². The molecule has 9 nitrogen and oxygen atoms in total. The first-order valence-corrected chi connectivity index (χ1v) is 8.30. The van der Waals surface area contributed by atoms with Gasteiger partial charge in [0.25, 0.3) is 5.91 Å². The standard InChI is InChI=1S/C15H25N5O4/c1-4-5-12-14(20(22)23)13(18-17-12)15(21)16-6-7-19-8-10(2)24-11(3)9-19/h10-11H,4-9H2,1-3H3,(H,16,21)(H,17,18)/t10-,11+. The van der Waals surface area contributed by atoms with Crippen molar-refractivity contribution in [2.24, 2.45) is 0 Å². The smallest absolute Gasteiger partial charge is 0.322 e. The molecule has 0 spiro atoms. The first-order chi connectivity index (χ1) is 11.4. The number of carbonyl (C=O) groups excluding carboxylic acids is 1. The van der Waals surface area contributed by atoms with Crippen molar-refractivity contribution in [2.45, 2.75) is 45.8 Å². The Balaban J connectivity index is 1.92. The Morgan fingerprint density at radius 2 is 2.12 bits per heavy atom. The van der Waals surface area contributed by atoms with Crippen LogP contribution >= 0.6 is 0 Å². The summed E-state index contributed by atoms with van der Waals surface area (Å²) < 4.78 is 5.66.